The van der Waals surface area contributed by atoms with Crippen molar-refractivity contribution >= 4 is 21.6 Å². The standard InChI is InChI=1S/C17H14BrN3O2/c18-15-6-3-4-13(10-15)12-20-9-8-19-17(20)11-14-5-1-2-7-16(14)21(22)23/h1-10H,11-12H2. The molecule has 0 unspecified atom stereocenters. The van der Waals surface area contributed by atoms with Gasteiger partial charge in [0.1, 0.15) is 5.82 Å². The summed E-state index contributed by atoms with van der Waals surface area (Å²) in [6.07, 6.45) is 4.05. The number of imidazole rings is 1. The lowest BCUT2D eigenvalue weighted by atomic mass is 10.1. The number of hydrogen-bond acceptors (Lipinski definition) is 3. The molecule has 0 aliphatic rings. The summed E-state index contributed by atoms with van der Waals surface area (Å²) in [5.74, 6) is 0.805. The fraction of sp³-hybridized carbons (Fsp3) is 0.118. The van der Waals surface area contributed by atoms with Gasteiger partial charge in [0, 0.05) is 41.5 Å². The van der Waals surface area contributed by atoms with E-state index in [0.29, 0.717) is 18.5 Å². The fourth-order valence-corrected chi connectivity index (χ4v) is 2.94. The van der Waals surface area contributed by atoms with Gasteiger partial charge >= 0.3 is 0 Å². The van der Waals surface area contributed by atoms with Crippen LogP contribution in [0.3, 0.4) is 0 Å². The second kappa shape index (κ2) is 6.75. The third-order valence-corrected chi connectivity index (χ3v) is 4.07. The lowest BCUT2D eigenvalue weighted by Crippen LogP contribution is -2.06. The van der Waals surface area contributed by atoms with Crippen LogP contribution in [0.2, 0.25) is 0 Å². The molecule has 0 saturated carbocycles. The van der Waals surface area contributed by atoms with E-state index in [1.165, 1.54) is 6.07 Å². The Hall–Kier alpha value is -2.47. The molecule has 0 aliphatic heterocycles. The Labute approximate surface area is 141 Å². The average Bonchev–Trinajstić information content (AvgIpc) is 2.94. The molecule has 116 valence electrons. The van der Waals surface area contributed by atoms with Crippen LogP contribution in [0.4, 0.5) is 5.69 Å². The average molecular weight is 372 g/mol. The molecule has 5 nitrogen and oxygen atoms in total. The van der Waals surface area contributed by atoms with Crippen LogP contribution in [0.1, 0.15) is 17.0 Å². The van der Waals surface area contributed by atoms with Gasteiger partial charge in [-0.05, 0) is 17.7 Å². The highest BCUT2D eigenvalue weighted by Gasteiger charge is 2.15. The smallest absolute Gasteiger partial charge is 0.273 e. The zero-order valence-corrected chi connectivity index (χ0v) is 13.8. The largest absolute Gasteiger partial charge is 0.330 e. The highest BCUT2D eigenvalue weighted by molar-refractivity contribution is 9.10. The number of benzene rings is 2. The molecule has 23 heavy (non-hydrogen) atoms. The molecule has 0 N–H and O–H groups in total. The Bertz CT molecular complexity index is 845. The van der Waals surface area contributed by atoms with Gasteiger partial charge in [-0.3, -0.25) is 10.1 Å². The van der Waals surface area contributed by atoms with Gasteiger partial charge in [0.15, 0.2) is 0 Å². The Morgan fingerprint density at radius 2 is 2.00 bits per heavy atom. The lowest BCUT2D eigenvalue weighted by Gasteiger charge is -2.09. The molecule has 0 aliphatic carbocycles. The van der Waals surface area contributed by atoms with Crippen LogP contribution in [-0.2, 0) is 13.0 Å². The number of nitro groups is 1. The van der Waals surface area contributed by atoms with E-state index in [-0.39, 0.29) is 10.6 Å². The van der Waals surface area contributed by atoms with Crippen LogP contribution in [-0.4, -0.2) is 14.5 Å². The predicted molar refractivity (Wildman–Crippen MR) is 91.4 cm³/mol. The first-order valence-electron chi connectivity index (χ1n) is 7.10. The van der Waals surface area contributed by atoms with E-state index < -0.39 is 0 Å². The molecule has 6 heteroatoms. The Balaban J connectivity index is 1.86. The SMILES string of the molecule is O=[N+]([O-])c1ccccc1Cc1nccn1Cc1cccc(Br)c1. The van der Waals surface area contributed by atoms with E-state index in [1.54, 1.807) is 18.3 Å². The van der Waals surface area contributed by atoms with Crippen LogP contribution in [0.5, 0.6) is 0 Å². The summed E-state index contributed by atoms with van der Waals surface area (Å²) < 4.78 is 3.04. The van der Waals surface area contributed by atoms with Crippen molar-refractivity contribution in [3.63, 3.8) is 0 Å². The summed E-state index contributed by atoms with van der Waals surface area (Å²) in [6, 6.07) is 14.8. The van der Waals surface area contributed by atoms with Gasteiger partial charge in [0.25, 0.3) is 5.69 Å². The van der Waals surface area contributed by atoms with Crippen LogP contribution in [0, 0.1) is 10.1 Å². The normalized spacial score (nSPS) is 10.7. The first kappa shape index (κ1) is 15.4. The van der Waals surface area contributed by atoms with E-state index >= 15 is 0 Å². The minimum atomic E-state index is -0.350. The molecule has 0 radical (unpaired) electrons. The van der Waals surface area contributed by atoms with Crippen molar-refractivity contribution in [2.45, 2.75) is 13.0 Å². The highest BCUT2D eigenvalue weighted by atomic mass is 79.9. The number of halogens is 1. The van der Waals surface area contributed by atoms with E-state index in [1.807, 2.05) is 35.0 Å². The van der Waals surface area contributed by atoms with Gasteiger partial charge in [-0.15, -0.1) is 0 Å². The molecule has 0 bridgehead atoms. The van der Waals surface area contributed by atoms with Crippen molar-refractivity contribution in [3.05, 3.63) is 92.5 Å². The van der Waals surface area contributed by atoms with E-state index in [4.69, 9.17) is 0 Å². The maximum atomic E-state index is 11.1. The number of nitrogens with zero attached hydrogens (tertiary/aromatic N) is 3. The van der Waals surface area contributed by atoms with E-state index in [9.17, 15) is 10.1 Å². The maximum Gasteiger partial charge on any atom is 0.273 e. The molecule has 0 atom stereocenters. The third-order valence-electron chi connectivity index (χ3n) is 3.58. The molecule has 3 rings (SSSR count). The molecular formula is C17H14BrN3O2. The Morgan fingerprint density at radius 1 is 1.17 bits per heavy atom. The third kappa shape index (κ3) is 3.65. The molecule has 1 heterocycles. The van der Waals surface area contributed by atoms with Crippen LogP contribution in [0.15, 0.2) is 65.4 Å². The molecule has 2 aromatic carbocycles. The van der Waals surface area contributed by atoms with Crippen molar-refractivity contribution in [1.82, 2.24) is 9.55 Å². The quantitative estimate of drug-likeness (QED) is 0.498. The minimum absolute atomic E-state index is 0.129. The summed E-state index contributed by atoms with van der Waals surface area (Å²) in [7, 11) is 0. The Morgan fingerprint density at radius 3 is 2.78 bits per heavy atom. The minimum Gasteiger partial charge on any atom is -0.330 e. The number of hydrogen-bond donors (Lipinski definition) is 0. The van der Waals surface area contributed by atoms with Gasteiger partial charge in [-0.2, -0.15) is 0 Å². The summed E-state index contributed by atoms with van der Waals surface area (Å²) in [5, 5.41) is 11.1. The van der Waals surface area contributed by atoms with E-state index in [0.717, 1.165) is 15.9 Å². The van der Waals surface area contributed by atoms with Gasteiger partial charge in [0.05, 0.1) is 4.92 Å². The van der Waals surface area contributed by atoms with E-state index in [2.05, 4.69) is 27.0 Å². The molecule has 0 saturated heterocycles. The topological polar surface area (TPSA) is 61.0 Å². The fourth-order valence-electron chi connectivity index (χ4n) is 2.49. The van der Waals surface area contributed by atoms with Crippen molar-refractivity contribution in [2.24, 2.45) is 0 Å². The number of rotatable bonds is 5. The van der Waals surface area contributed by atoms with Crippen LogP contribution < -0.4 is 0 Å². The second-order valence-electron chi connectivity index (χ2n) is 5.16. The zero-order chi connectivity index (χ0) is 16.2. The van der Waals surface area contributed by atoms with Crippen molar-refractivity contribution in [1.29, 1.82) is 0 Å². The molecule has 0 amide bonds. The first-order chi connectivity index (χ1) is 11.1. The lowest BCUT2D eigenvalue weighted by molar-refractivity contribution is -0.385. The monoisotopic (exact) mass is 371 g/mol. The number of nitro benzene ring substituents is 1. The zero-order valence-electron chi connectivity index (χ0n) is 12.2. The van der Waals surface area contributed by atoms with Gasteiger partial charge in [-0.1, -0.05) is 46.3 Å². The predicted octanol–water partition coefficient (Wildman–Crippen LogP) is 4.19. The van der Waals surface area contributed by atoms with Gasteiger partial charge in [0.2, 0.25) is 0 Å². The summed E-state index contributed by atoms with van der Waals surface area (Å²) in [4.78, 5) is 15.1. The van der Waals surface area contributed by atoms with Crippen LogP contribution in [0.25, 0.3) is 0 Å². The molecule has 3 aromatic rings. The van der Waals surface area contributed by atoms with Gasteiger partial charge in [-0.25, -0.2) is 4.98 Å². The van der Waals surface area contributed by atoms with Crippen molar-refractivity contribution in [2.75, 3.05) is 0 Å². The highest BCUT2D eigenvalue weighted by Crippen LogP contribution is 2.21. The summed E-state index contributed by atoms with van der Waals surface area (Å²) in [5.41, 5.74) is 1.94. The van der Waals surface area contributed by atoms with Crippen molar-refractivity contribution in [3.8, 4) is 0 Å². The van der Waals surface area contributed by atoms with Crippen LogP contribution >= 0.6 is 15.9 Å². The first-order valence-corrected chi connectivity index (χ1v) is 7.89. The molecule has 0 fully saturated rings. The second-order valence-corrected chi connectivity index (χ2v) is 6.08. The molecular weight excluding hydrogens is 358 g/mol. The molecule has 0 spiro atoms. The Kier molecular flexibility index (Phi) is 4.52. The van der Waals surface area contributed by atoms with Gasteiger partial charge < -0.3 is 4.57 Å². The number of para-hydroxylation sites is 1. The number of aromatic nitrogens is 2. The van der Waals surface area contributed by atoms with Crippen molar-refractivity contribution < 1.29 is 4.92 Å². The summed E-state index contributed by atoms with van der Waals surface area (Å²) >= 11 is 3.46. The molecule has 1 aromatic heterocycles. The summed E-state index contributed by atoms with van der Waals surface area (Å²) in [6.45, 7) is 0.676. The maximum absolute atomic E-state index is 11.1.